The van der Waals surface area contributed by atoms with Crippen molar-refractivity contribution >= 4 is 17.3 Å². The number of likely N-dealkylation sites (tertiary alicyclic amines) is 1. The fraction of sp³-hybridized carbons (Fsp3) is 0.462. The lowest BCUT2D eigenvalue weighted by atomic mass is 10.2. The van der Waals surface area contributed by atoms with Crippen molar-refractivity contribution in [2.24, 2.45) is 0 Å². The van der Waals surface area contributed by atoms with Crippen molar-refractivity contribution in [1.29, 1.82) is 0 Å². The van der Waals surface area contributed by atoms with E-state index in [4.69, 9.17) is 5.73 Å². The standard InChI is InChI=1S/C13H19N3O2/c14-10-3-5-11(6-4-10)15-13(18)8-16-7-1-2-12(16)9-17/h3-6,12,17H,1-2,7-9,14H2,(H,15,18). The van der Waals surface area contributed by atoms with Gasteiger partial charge in [0.1, 0.15) is 0 Å². The fourth-order valence-electron chi connectivity index (χ4n) is 2.26. The molecule has 1 fully saturated rings. The number of aliphatic hydroxyl groups is 1. The lowest BCUT2D eigenvalue weighted by molar-refractivity contribution is -0.117. The lowest BCUT2D eigenvalue weighted by Gasteiger charge is -2.21. The van der Waals surface area contributed by atoms with Gasteiger partial charge < -0.3 is 16.2 Å². The highest BCUT2D eigenvalue weighted by atomic mass is 16.3. The van der Waals surface area contributed by atoms with Crippen LogP contribution in [0.3, 0.4) is 0 Å². The molecule has 0 bridgehead atoms. The van der Waals surface area contributed by atoms with Crippen LogP contribution in [0.15, 0.2) is 24.3 Å². The molecule has 1 aromatic carbocycles. The van der Waals surface area contributed by atoms with Gasteiger partial charge in [0.05, 0.1) is 13.2 Å². The van der Waals surface area contributed by atoms with Crippen LogP contribution in [0.25, 0.3) is 0 Å². The topological polar surface area (TPSA) is 78.6 Å². The molecule has 1 saturated heterocycles. The summed E-state index contributed by atoms with van der Waals surface area (Å²) in [5.41, 5.74) is 7.00. The Bertz CT molecular complexity index is 405. The molecule has 1 heterocycles. The Morgan fingerprint density at radius 2 is 2.17 bits per heavy atom. The molecule has 1 unspecified atom stereocenters. The molecule has 98 valence electrons. The van der Waals surface area contributed by atoms with Crippen molar-refractivity contribution in [1.82, 2.24) is 4.90 Å². The summed E-state index contributed by atoms with van der Waals surface area (Å²) in [4.78, 5) is 13.9. The molecule has 1 aromatic rings. The number of anilines is 2. The second kappa shape index (κ2) is 5.84. The Morgan fingerprint density at radius 3 is 2.83 bits per heavy atom. The quantitative estimate of drug-likeness (QED) is 0.685. The molecule has 4 N–H and O–H groups in total. The Hall–Kier alpha value is -1.59. The second-order valence-electron chi connectivity index (χ2n) is 4.62. The number of hydrogen-bond donors (Lipinski definition) is 3. The molecule has 1 aliphatic rings. The molecule has 0 aromatic heterocycles. The maximum Gasteiger partial charge on any atom is 0.238 e. The largest absolute Gasteiger partial charge is 0.399 e. The first-order valence-electron chi connectivity index (χ1n) is 6.19. The van der Waals surface area contributed by atoms with Crippen molar-refractivity contribution < 1.29 is 9.90 Å². The van der Waals surface area contributed by atoms with Gasteiger partial charge in [-0.05, 0) is 43.7 Å². The van der Waals surface area contributed by atoms with Crippen LogP contribution in [0.4, 0.5) is 11.4 Å². The molecule has 0 aliphatic carbocycles. The van der Waals surface area contributed by atoms with Gasteiger partial charge in [0.25, 0.3) is 0 Å². The number of nitrogens with zero attached hydrogens (tertiary/aromatic N) is 1. The summed E-state index contributed by atoms with van der Waals surface area (Å²) in [7, 11) is 0. The van der Waals surface area contributed by atoms with Gasteiger partial charge in [-0.25, -0.2) is 0 Å². The van der Waals surface area contributed by atoms with Gasteiger partial charge in [-0.15, -0.1) is 0 Å². The zero-order valence-electron chi connectivity index (χ0n) is 10.3. The summed E-state index contributed by atoms with van der Waals surface area (Å²) in [6, 6.07) is 7.19. The maximum atomic E-state index is 11.8. The van der Waals surface area contributed by atoms with Crippen molar-refractivity contribution in [2.75, 3.05) is 30.7 Å². The third kappa shape index (κ3) is 3.21. The third-order valence-corrected chi connectivity index (χ3v) is 3.25. The zero-order chi connectivity index (χ0) is 13.0. The smallest absolute Gasteiger partial charge is 0.238 e. The van der Waals surface area contributed by atoms with Crippen LogP contribution in [0.5, 0.6) is 0 Å². The first-order valence-corrected chi connectivity index (χ1v) is 6.19. The van der Waals surface area contributed by atoms with Crippen LogP contribution >= 0.6 is 0 Å². The average Bonchev–Trinajstić information content (AvgIpc) is 2.79. The van der Waals surface area contributed by atoms with Crippen molar-refractivity contribution in [2.45, 2.75) is 18.9 Å². The van der Waals surface area contributed by atoms with Crippen LogP contribution in [0.1, 0.15) is 12.8 Å². The number of rotatable bonds is 4. The highest BCUT2D eigenvalue weighted by Gasteiger charge is 2.25. The fourth-order valence-corrected chi connectivity index (χ4v) is 2.26. The number of nitrogens with one attached hydrogen (secondary N) is 1. The minimum atomic E-state index is -0.0554. The average molecular weight is 249 g/mol. The molecule has 0 spiro atoms. The summed E-state index contributed by atoms with van der Waals surface area (Å²) in [5.74, 6) is -0.0554. The van der Waals surface area contributed by atoms with Gasteiger partial charge in [-0.1, -0.05) is 0 Å². The second-order valence-corrected chi connectivity index (χ2v) is 4.62. The van der Waals surface area contributed by atoms with Crippen LogP contribution in [0.2, 0.25) is 0 Å². The monoisotopic (exact) mass is 249 g/mol. The van der Waals surface area contributed by atoms with Gasteiger partial charge in [0, 0.05) is 17.4 Å². The normalized spacial score (nSPS) is 19.9. The molecular weight excluding hydrogens is 230 g/mol. The molecule has 5 nitrogen and oxygen atoms in total. The molecule has 0 radical (unpaired) electrons. The Morgan fingerprint density at radius 1 is 1.44 bits per heavy atom. The summed E-state index contributed by atoms with van der Waals surface area (Å²) in [6.07, 6.45) is 2.01. The van der Waals surface area contributed by atoms with Crippen LogP contribution in [-0.4, -0.2) is 41.7 Å². The predicted molar refractivity (Wildman–Crippen MR) is 71.2 cm³/mol. The highest BCUT2D eigenvalue weighted by Crippen LogP contribution is 2.16. The van der Waals surface area contributed by atoms with E-state index >= 15 is 0 Å². The van der Waals surface area contributed by atoms with Crippen LogP contribution in [-0.2, 0) is 4.79 Å². The molecule has 2 rings (SSSR count). The predicted octanol–water partition coefficient (Wildman–Crippen LogP) is 0.664. The molecule has 18 heavy (non-hydrogen) atoms. The summed E-state index contributed by atoms with van der Waals surface area (Å²) >= 11 is 0. The molecule has 0 saturated carbocycles. The number of carbonyl (C=O) groups excluding carboxylic acids is 1. The summed E-state index contributed by atoms with van der Waals surface area (Å²) < 4.78 is 0. The minimum absolute atomic E-state index is 0.0554. The number of carbonyl (C=O) groups is 1. The number of hydrogen-bond acceptors (Lipinski definition) is 4. The number of amides is 1. The van der Waals surface area contributed by atoms with Crippen LogP contribution in [0, 0.1) is 0 Å². The van der Waals surface area contributed by atoms with Crippen molar-refractivity contribution in [3.05, 3.63) is 24.3 Å². The van der Waals surface area contributed by atoms with E-state index in [1.165, 1.54) is 0 Å². The number of nitrogens with two attached hydrogens (primary N) is 1. The first-order chi connectivity index (χ1) is 8.69. The van der Waals surface area contributed by atoms with E-state index in [-0.39, 0.29) is 18.6 Å². The van der Waals surface area contributed by atoms with E-state index in [9.17, 15) is 9.90 Å². The Kier molecular flexibility index (Phi) is 4.17. The van der Waals surface area contributed by atoms with Crippen molar-refractivity contribution in [3.63, 3.8) is 0 Å². The van der Waals surface area contributed by atoms with Gasteiger partial charge in [0.2, 0.25) is 5.91 Å². The molecule has 1 atom stereocenters. The molecule has 1 amide bonds. The third-order valence-electron chi connectivity index (χ3n) is 3.25. The first kappa shape index (κ1) is 12.9. The minimum Gasteiger partial charge on any atom is -0.399 e. The van der Waals surface area contributed by atoms with E-state index < -0.39 is 0 Å². The van der Waals surface area contributed by atoms with Gasteiger partial charge in [0.15, 0.2) is 0 Å². The van der Waals surface area contributed by atoms with Gasteiger partial charge in [-0.2, -0.15) is 0 Å². The van der Waals surface area contributed by atoms with Crippen molar-refractivity contribution in [3.8, 4) is 0 Å². The van der Waals surface area contributed by atoms with Crippen LogP contribution < -0.4 is 11.1 Å². The molecular formula is C13H19N3O2. The van der Waals surface area contributed by atoms with Gasteiger partial charge in [-0.3, -0.25) is 9.69 Å². The number of benzene rings is 1. The number of aliphatic hydroxyl groups excluding tert-OH is 1. The van der Waals surface area contributed by atoms with E-state index in [1.807, 2.05) is 4.90 Å². The number of nitrogen functional groups attached to an aromatic ring is 1. The zero-order valence-corrected chi connectivity index (χ0v) is 10.3. The van der Waals surface area contributed by atoms with E-state index in [0.717, 1.165) is 25.1 Å². The van der Waals surface area contributed by atoms with E-state index in [2.05, 4.69) is 5.32 Å². The van der Waals surface area contributed by atoms with E-state index in [1.54, 1.807) is 24.3 Å². The lowest BCUT2D eigenvalue weighted by Crippen LogP contribution is -2.38. The molecule has 5 heteroatoms. The highest BCUT2D eigenvalue weighted by molar-refractivity contribution is 5.92. The van der Waals surface area contributed by atoms with Gasteiger partial charge >= 0.3 is 0 Å². The maximum absolute atomic E-state index is 11.8. The Labute approximate surface area is 107 Å². The summed E-state index contributed by atoms with van der Waals surface area (Å²) in [6.45, 7) is 1.32. The Balaban J connectivity index is 1.86. The SMILES string of the molecule is Nc1ccc(NC(=O)CN2CCCC2CO)cc1. The summed E-state index contributed by atoms with van der Waals surface area (Å²) in [5, 5.41) is 12.0. The van der Waals surface area contributed by atoms with E-state index in [0.29, 0.717) is 12.2 Å². The molecule has 1 aliphatic heterocycles.